The molecule has 0 unspecified atom stereocenters. The summed E-state index contributed by atoms with van der Waals surface area (Å²) in [7, 11) is 0. The second-order valence-corrected chi connectivity index (χ2v) is 8.61. The van der Waals surface area contributed by atoms with Crippen molar-refractivity contribution in [3.8, 4) is 23.1 Å². The number of carbonyl (C=O) groups is 1. The minimum Gasteiger partial charge on any atom is -0.379 e. The molecule has 3 heterocycles. The Morgan fingerprint density at radius 3 is 2.39 bits per heavy atom. The third-order valence-corrected chi connectivity index (χ3v) is 6.07. The highest BCUT2D eigenvalue weighted by Gasteiger charge is 2.11. The zero-order valence-corrected chi connectivity index (χ0v) is 19.9. The maximum atomic E-state index is 11.9. The Kier molecular flexibility index (Phi) is 7.29. The summed E-state index contributed by atoms with van der Waals surface area (Å²) >= 11 is 0. The maximum Gasteiger partial charge on any atom is 0.238 e. The standard InChI is InChI=1S/C29H27N5O2/c30-18-29(35)33-28-17-27(32-26-11-12-31-19-25(26)28)24-9-7-22(8-10-24)2-1-21-3-5-23(6-4-21)20-34-13-15-36-16-14-34/h3-12,17,19H,13-16,18,20,30H2,(H,32,33,35). The molecule has 3 N–H and O–H groups in total. The molecule has 1 aliphatic heterocycles. The zero-order valence-electron chi connectivity index (χ0n) is 19.9. The number of nitrogens with one attached hydrogen (secondary N) is 1. The summed E-state index contributed by atoms with van der Waals surface area (Å²) in [5.41, 5.74) is 11.7. The number of benzene rings is 2. The first-order valence-electron chi connectivity index (χ1n) is 11.9. The smallest absolute Gasteiger partial charge is 0.238 e. The van der Waals surface area contributed by atoms with Gasteiger partial charge in [-0.05, 0) is 42.0 Å². The number of anilines is 1. The van der Waals surface area contributed by atoms with E-state index in [1.165, 1.54) is 5.56 Å². The number of morpholine rings is 1. The summed E-state index contributed by atoms with van der Waals surface area (Å²) < 4.78 is 5.42. The number of aromatic nitrogens is 2. The van der Waals surface area contributed by atoms with Crippen LogP contribution in [-0.2, 0) is 16.1 Å². The molecule has 1 amide bonds. The lowest BCUT2D eigenvalue weighted by molar-refractivity contribution is -0.114. The molecule has 36 heavy (non-hydrogen) atoms. The fourth-order valence-electron chi connectivity index (χ4n) is 4.10. The van der Waals surface area contributed by atoms with Gasteiger partial charge in [0.2, 0.25) is 5.91 Å². The van der Waals surface area contributed by atoms with Crippen molar-refractivity contribution in [3.63, 3.8) is 0 Å². The van der Waals surface area contributed by atoms with E-state index in [1.54, 1.807) is 12.4 Å². The molecule has 0 aliphatic carbocycles. The van der Waals surface area contributed by atoms with Gasteiger partial charge in [0.15, 0.2) is 0 Å². The van der Waals surface area contributed by atoms with Crippen LogP contribution >= 0.6 is 0 Å². The highest BCUT2D eigenvalue weighted by Crippen LogP contribution is 2.28. The molecule has 7 heteroatoms. The summed E-state index contributed by atoms with van der Waals surface area (Å²) in [6.45, 7) is 4.42. The molecule has 180 valence electrons. The predicted octanol–water partition coefficient (Wildman–Crippen LogP) is 3.43. The molecule has 1 aliphatic rings. The van der Waals surface area contributed by atoms with Gasteiger partial charge in [-0.25, -0.2) is 4.98 Å². The number of hydrogen-bond donors (Lipinski definition) is 2. The van der Waals surface area contributed by atoms with Crippen LogP contribution < -0.4 is 11.1 Å². The third-order valence-electron chi connectivity index (χ3n) is 6.07. The number of ether oxygens (including phenoxy) is 1. The van der Waals surface area contributed by atoms with Crippen LogP contribution in [-0.4, -0.2) is 53.6 Å². The van der Waals surface area contributed by atoms with E-state index in [0.29, 0.717) is 5.69 Å². The van der Waals surface area contributed by atoms with Gasteiger partial charge >= 0.3 is 0 Å². The Hall–Kier alpha value is -4.09. The Bertz CT molecular complexity index is 1420. The number of hydrogen-bond acceptors (Lipinski definition) is 6. The van der Waals surface area contributed by atoms with E-state index in [9.17, 15) is 4.79 Å². The number of pyridine rings is 2. The molecule has 0 bridgehead atoms. The SMILES string of the molecule is NCC(=O)Nc1cc(-c2ccc(C#Cc3ccc(CN4CCOCC4)cc3)cc2)nc2ccncc12. The van der Waals surface area contributed by atoms with Crippen LogP contribution in [0.1, 0.15) is 16.7 Å². The van der Waals surface area contributed by atoms with Crippen LogP contribution in [0.3, 0.4) is 0 Å². The van der Waals surface area contributed by atoms with Gasteiger partial charge in [0.05, 0.1) is 36.7 Å². The van der Waals surface area contributed by atoms with Crippen molar-refractivity contribution in [1.29, 1.82) is 0 Å². The highest BCUT2D eigenvalue weighted by molar-refractivity contribution is 6.02. The predicted molar refractivity (Wildman–Crippen MR) is 141 cm³/mol. The number of amides is 1. The Balaban J connectivity index is 1.31. The van der Waals surface area contributed by atoms with E-state index >= 15 is 0 Å². The summed E-state index contributed by atoms with van der Waals surface area (Å²) in [4.78, 5) is 23.2. The molecule has 0 saturated carbocycles. The van der Waals surface area contributed by atoms with E-state index in [2.05, 4.69) is 51.3 Å². The molecule has 0 spiro atoms. The van der Waals surface area contributed by atoms with Gasteiger partial charge in [-0.1, -0.05) is 36.1 Å². The molecular weight excluding hydrogens is 450 g/mol. The van der Waals surface area contributed by atoms with Crippen molar-refractivity contribution < 1.29 is 9.53 Å². The average Bonchev–Trinajstić information content (AvgIpc) is 2.93. The number of nitrogens with two attached hydrogens (primary N) is 1. The van der Waals surface area contributed by atoms with Crippen LogP contribution in [0, 0.1) is 11.8 Å². The van der Waals surface area contributed by atoms with Gasteiger partial charge < -0.3 is 15.8 Å². The fraction of sp³-hybridized carbons (Fsp3) is 0.207. The second-order valence-electron chi connectivity index (χ2n) is 8.61. The number of rotatable bonds is 5. The molecule has 1 fully saturated rings. The van der Waals surface area contributed by atoms with Gasteiger partial charge in [0, 0.05) is 54.1 Å². The lowest BCUT2D eigenvalue weighted by Gasteiger charge is -2.26. The van der Waals surface area contributed by atoms with Crippen molar-refractivity contribution in [3.05, 3.63) is 89.7 Å². The highest BCUT2D eigenvalue weighted by atomic mass is 16.5. The van der Waals surface area contributed by atoms with E-state index < -0.39 is 0 Å². The summed E-state index contributed by atoms with van der Waals surface area (Å²) in [6, 6.07) is 20.0. The number of nitrogens with zero attached hydrogens (tertiary/aromatic N) is 3. The number of carbonyl (C=O) groups excluding carboxylic acids is 1. The van der Waals surface area contributed by atoms with Gasteiger partial charge in [-0.3, -0.25) is 14.7 Å². The Morgan fingerprint density at radius 1 is 1.00 bits per heavy atom. The fourth-order valence-corrected chi connectivity index (χ4v) is 4.10. The second kappa shape index (κ2) is 11.1. The molecule has 1 saturated heterocycles. The van der Waals surface area contributed by atoms with Crippen molar-refractivity contribution in [2.45, 2.75) is 6.54 Å². The molecular formula is C29H27N5O2. The molecule has 0 radical (unpaired) electrons. The lowest BCUT2D eigenvalue weighted by atomic mass is 10.1. The first-order valence-corrected chi connectivity index (χ1v) is 11.9. The normalized spacial score (nSPS) is 13.7. The van der Waals surface area contributed by atoms with Crippen molar-refractivity contribution >= 4 is 22.5 Å². The third kappa shape index (κ3) is 5.75. The molecule has 4 aromatic rings. The molecule has 5 rings (SSSR count). The summed E-state index contributed by atoms with van der Waals surface area (Å²) in [5, 5.41) is 3.61. The topological polar surface area (TPSA) is 93.4 Å². The van der Waals surface area contributed by atoms with E-state index in [0.717, 1.165) is 66.1 Å². The van der Waals surface area contributed by atoms with Crippen LogP contribution in [0.5, 0.6) is 0 Å². The Morgan fingerprint density at radius 2 is 1.69 bits per heavy atom. The summed E-state index contributed by atoms with van der Waals surface area (Å²) in [5.74, 6) is 6.22. The minimum absolute atomic E-state index is 0.0939. The van der Waals surface area contributed by atoms with Gasteiger partial charge in [0.25, 0.3) is 0 Å². The molecule has 2 aromatic heterocycles. The largest absolute Gasteiger partial charge is 0.379 e. The van der Waals surface area contributed by atoms with E-state index in [-0.39, 0.29) is 12.5 Å². The van der Waals surface area contributed by atoms with Gasteiger partial charge in [-0.2, -0.15) is 0 Å². The minimum atomic E-state index is -0.267. The first-order chi connectivity index (χ1) is 17.7. The monoisotopic (exact) mass is 477 g/mol. The Labute approximate surface area is 210 Å². The first kappa shape index (κ1) is 23.6. The lowest BCUT2D eigenvalue weighted by Crippen LogP contribution is -2.35. The van der Waals surface area contributed by atoms with Gasteiger partial charge in [0.1, 0.15) is 0 Å². The van der Waals surface area contributed by atoms with Crippen molar-refractivity contribution in [2.24, 2.45) is 5.73 Å². The summed E-state index contributed by atoms with van der Waals surface area (Å²) in [6.07, 6.45) is 3.37. The number of fused-ring (bicyclic) bond motifs is 1. The van der Waals surface area contributed by atoms with Gasteiger partial charge in [-0.15, -0.1) is 0 Å². The van der Waals surface area contributed by atoms with Crippen LogP contribution in [0.4, 0.5) is 5.69 Å². The maximum absolute atomic E-state index is 11.9. The van der Waals surface area contributed by atoms with E-state index in [4.69, 9.17) is 15.5 Å². The van der Waals surface area contributed by atoms with E-state index in [1.807, 2.05) is 36.4 Å². The molecule has 2 aromatic carbocycles. The van der Waals surface area contributed by atoms with Crippen LogP contribution in [0.2, 0.25) is 0 Å². The average molecular weight is 478 g/mol. The zero-order chi connectivity index (χ0) is 24.7. The quantitative estimate of drug-likeness (QED) is 0.428. The van der Waals surface area contributed by atoms with Crippen LogP contribution in [0.25, 0.3) is 22.2 Å². The van der Waals surface area contributed by atoms with Crippen molar-refractivity contribution in [2.75, 3.05) is 38.2 Å². The molecule has 0 atom stereocenters. The van der Waals surface area contributed by atoms with Crippen LogP contribution in [0.15, 0.2) is 73.1 Å². The molecule has 7 nitrogen and oxygen atoms in total. The van der Waals surface area contributed by atoms with Crippen molar-refractivity contribution in [1.82, 2.24) is 14.9 Å².